The summed E-state index contributed by atoms with van der Waals surface area (Å²) in [5, 5.41) is 17.1. The van der Waals surface area contributed by atoms with Crippen molar-refractivity contribution in [3.63, 3.8) is 0 Å². The first kappa shape index (κ1) is 59.7. The van der Waals surface area contributed by atoms with Crippen molar-refractivity contribution in [1.29, 1.82) is 0 Å². The number of pyridine rings is 2. The number of aliphatic carboxylic acids is 1. The van der Waals surface area contributed by atoms with E-state index >= 15 is 0 Å². The zero-order valence-electron chi connectivity index (χ0n) is 49.4. The summed E-state index contributed by atoms with van der Waals surface area (Å²) in [7, 11) is 0. The number of carboxylic acid groups (broad SMARTS) is 1. The van der Waals surface area contributed by atoms with Crippen molar-refractivity contribution in [1.82, 2.24) is 19.8 Å². The molecule has 0 spiro atoms. The van der Waals surface area contributed by atoms with Crippen LogP contribution < -0.4 is 10.6 Å². The predicted octanol–water partition coefficient (Wildman–Crippen LogP) is 12.4. The number of esters is 1. The highest BCUT2D eigenvalue weighted by molar-refractivity contribution is 5.79. The van der Waals surface area contributed by atoms with Crippen LogP contribution in [0.25, 0.3) is 0 Å². The number of aromatic nitrogens is 2. The highest BCUT2D eigenvalue weighted by atomic mass is 16.6. The van der Waals surface area contributed by atoms with E-state index in [-0.39, 0.29) is 41.2 Å². The van der Waals surface area contributed by atoms with Crippen LogP contribution in [0.15, 0.2) is 72.8 Å². The largest absolute Gasteiger partial charge is 0.480 e. The summed E-state index contributed by atoms with van der Waals surface area (Å²) >= 11 is 0. The number of aryl methyl sites for hydroxylation is 4. The van der Waals surface area contributed by atoms with Gasteiger partial charge in [0.2, 0.25) is 0 Å². The fraction of sp³-hybridized carbons (Fsp3) is 0.636. The molecule has 0 saturated carbocycles. The molecule has 80 heavy (non-hydrogen) atoms. The van der Waals surface area contributed by atoms with Gasteiger partial charge >= 0.3 is 11.9 Å². The predicted molar refractivity (Wildman–Crippen MR) is 315 cm³/mol. The molecule has 436 valence electrons. The van der Waals surface area contributed by atoms with Crippen molar-refractivity contribution in [2.24, 2.45) is 10.8 Å². The first-order chi connectivity index (χ1) is 38.5. The first-order valence-corrected chi connectivity index (χ1v) is 30.5. The van der Waals surface area contributed by atoms with Crippen LogP contribution >= 0.6 is 0 Å². The molecule has 14 nitrogen and oxygen atoms in total. The van der Waals surface area contributed by atoms with Gasteiger partial charge in [0.05, 0.1) is 37.6 Å². The van der Waals surface area contributed by atoms with Crippen molar-refractivity contribution in [3.8, 4) is 0 Å². The number of likely N-dealkylation sites (tertiary alicyclic amines) is 2. The quantitative estimate of drug-likeness (QED) is 0.0567. The summed E-state index contributed by atoms with van der Waals surface area (Å²) in [6.07, 6.45) is 16.5. The zero-order chi connectivity index (χ0) is 56.3. The van der Waals surface area contributed by atoms with E-state index in [1.807, 2.05) is 51.1 Å². The van der Waals surface area contributed by atoms with Gasteiger partial charge in [-0.25, -0.2) is 14.8 Å². The third kappa shape index (κ3) is 16.4. The number of nitrogens with one attached hydrogen (secondary N) is 2. The molecule has 0 radical (unpaired) electrons. The van der Waals surface area contributed by atoms with Gasteiger partial charge in [-0.1, -0.05) is 88.4 Å². The Balaban J connectivity index is 0.000000195. The molecule has 10 rings (SSSR count). The van der Waals surface area contributed by atoms with Crippen molar-refractivity contribution in [2.75, 3.05) is 76.3 Å². The SMILES string of the molecule is CC1(C)CCC(c2ccccc2C(C(=O)O)N2CC[C@@H](OCCCCc3ccc4c(n3)NCCC4)C2)OC1.CC1(C)CCC(c2ccccc2C(C(=O)OC(C)(C)C)N2CC[C@@H](OCCCCc3ccc4c(n3)NCCC4)C2)OC1. The molecule has 2 aromatic carbocycles. The minimum atomic E-state index is -0.804. The Morgan fingerprint density at radius 2 is 1.11 bits per heavy atom. The standard InChI is InChI=1S/C35H51N3O4.C31H43N3O4/c1-34(2,3)42-33(39)31(29-14-7-6-13-28(29)30-17-19-35(4,5)24-41-30)38-21-18-27(23-38)40-22-9-8-12-26-16-15-25-11-10-20-36-32(25)37-26;1-31(2)16-14-27(38-21-31)25-10-3-4-11-26(25)28(30(35)36)34-18-15-24(20-34)37-19-6-5-9-23-13-12-22-8-7-17-32-29(22)33-23/h6-7,13-16,27,30-31H,8-12,17-24H2,1-5H3,(H,36,37);3-4,10-13,24,27-28H,5-9,14-21H2,1-2H3,(H,32,33)(H,35,36)/t27-,30?,31?;24-,27?,28?/m11/s1. The van der Waals surface area contributed by atoms with Crippen LogP contribution in [0, 0.1) is 10.8 Å². The van der Waals surface area contributed by atoms with Gasteiger partial charge in [0.25, 0.3) is 0 Å². The number of anilines is 2. The van der Waals surface area contributed by atoms with E-state index in [0.29, 0.717) is 19.8 Å². The first-order valence-electron chi connectivity index (χ1n) is 30.5. The normalized spacial score (nSPS) is 23.5. The molecule has 6 aliphatic rings. The summed E-state index contributed by atoms with van der Waals surface area (Å²) in [4.78, 5) is 40.2. The van der Waals surface area contributed by atoms with E-state index in [2.05, 4.69) is 90.6 Å². The molecule has 0 aliphatic carbocycles. The minimum absolute atomic E-state index is 0.00537. The molecule has 4 fully saturated rings. The number of ether oxygens (including phenoxy) is 5. The van der Waals surface area contributed by atoms with E-state index in [0.717, 1.165) is 181 Å². The lowest BCUT2D eigenvalue weighted by Crippen LogP contribution is -2.39. The molecule has 0 bridgehead atoms. The molecule has 14 heteroatoms. The number of benzene rings is 2. The monoisotopic (exact) mass is 1100 g/mol. The topological polar surface area (TPSA) is 157 Å². The van der Waals surface area contributed by atoms with E-state index < -0.39 is 23.7 Å². The van der Waals surface area contributed by atoms with Gasteiger partial charge in [-0.05, 0) is 180 Å². The van der Waals surface area contributed by atoms with Gasteiger partial charge in [0.1, 0.15) is 29.3 Å². The molecule has 4 aromatic rings. The number of carbonyl (C=O) groups excluding carboxylic acids is 1. The molecular formula is C66H94N6O8. The lowest BCUT2D eigenvalue weighted by molar-refractivity contribution is -0.161. The fourth-order valence-corrected chi connectivity index (χ4v) is 12.5. The van der Waals surface area contributed by atoms with E-state index in [4.69, 9.17) is 33.7 Å². The number of fused-ring (bicyclic) bond motifs is 2. The van der Waals surface area contributed by atoms with Crippen molar-refractivity contribution in [3.05, 3.63) is 118 Å². The van der Waals surface area contributed by atoms with Crippen LogP contribution in [0.1, 0.15) is 195 Å². The fourth-order valence-electron chi connectivity index (χ4n) is 12.5. The Hall–Kier alpha value is -4.96. The van der Waals surface area contributed by atoms with E-state index in [9.17, 15) is 14.7 Å². The van der Waals surface area contributed by atoms with Crippen molar-refractivity contribution >= 4 is 23.6 Å². The van der Waals surface area contributed by atoms with Gasteiger partial charge in [-0.2, -0.15) is 0 Å². The molecule has 6 aliphatic heterocycles. The summed E-state index contributed by atoms with van der Waals surface area (Å²) in [6, 6.07) is 23.9. The van der Waals surface area contributed by atoms with Crippen LogP contribution in [0.5, 0.6) is 0 Å². The van der Waals surface area contributed by atoms with Crippen LogP contribution in [0.3, 0.4) is 0 Å². The van der Waals surface area contributed by atoms with Gasteiger partial charge < -0.3 is 39.4 Å². The molecule has 0 amide bonds. The summed E-state index contributed by atoms with van der Waals surface area (Å²) < 4.78 is 31.1. The lowest BCUT2D eigenvalue weighted by atomic mass is 9.82. The van der Waals surface area contributed by atoms with Crippen LogP contribution in [-0.4, -0.2) is 120 Å². The van der Waals surface area contributed by atoms with Gasteiger partial charge in [-0.15, -0.1) is 0 Å². The Morgan fingerprint density at radius 1 is 0.650 bits per heavy atom. The number of hydrogen-bond donors (Lipinski definition) is 3. The molecule has 8 heterocycles. The Labute approximate surface area is 477 Å². The van der Waals surface area contributed by atoms with Gasteiger partial charge in [0, 0.05) is 63.9 Å². The number of nitrogens with zero attached hydrogens (tertiary/aromatic N) is 4. The van der Waals surface area contributed by atoms with Gasteiger partial charge in [-0.3, -0.25) is 14.6 Å². The maximum Gasteiger partial charge on any atom is 0.328 e. The Bertz CT molecular complexity index is 2650. The Kier molecular flexibility index (Phi) is 20.4. The summed E-state index contributed by atoms with van der Waals surface area (Å²) in [5.74, 6) is 1.13. The number of unbranched alkanes of at least 4 members (excludes halogenated alkanes) is 2. The summed E-state index contributed by atoms with van der Waals surface area (Å²) in [6.45, 7) is 22.5. The maximum atomic E-state index is 13.8. The maximum absolute atomic E-state index is 13.8. The highest BCUT2D eigenvalue weighted by Crippen LogP contribution is 2.43. The third-order valence-corrected chi connectivity index (χ3v) is 17.0. The molecule has 4 saturated heterocycles. The Morgan fingerprint density at radius 3 is 1.56 bits per heavy atom. The molecule has 3 N–H and O–H groups in total. The third-order valence-electron chi connectivity index (χ3n) is 17.0. The van der Waals surface area contributed by atoms with Crippen LogP contribution in [0.4, 0.5) is 11.6 Å². The second kappa shape index (κ2) is 27.4. The molecule has 2 aromatic heterocycles. The highest BCUT2D eigenvalue weighted by Gasteiger charge is 2.41. The number of carbonyl (C=O) groups is 2. The van der Waals surface area contributed by atoms with E-state index in [1.54, 1.807) is 0 Å². The number of hydrogen-bond acceptors (Lipinski definition) is 13. The van der Waals surface area contributed by atoms with Crippen molar-refractivity contribution < 1.29 is 38.4 Å². The minimum Gasteiger partial charge on any atom is -0.480 e. The average Bonchev–Trinajstić information content (AvgIpc) is 4.11. The second-order valence-electron chi connectivity index (χ2n) is 26.1. The lowest BCUT2D eigenvalue weighted by Gasteiger charge is -2.37. The average molecular weight is 1100 g/mol. The zero-order valence-corrected chi connectivity index (χ0v) is 49.4. The summed E-state index contributed by atoms with van der Waals surface area (Å²) in [5.41, 5.74) is 8.74. The number of rotatable bonds is 20. The molecule has 4 unspecified atom stereocenters. The van der Waals surface area contributed by atoms with Crippen molar-refractivity contribution in [2.45, 2.75) is 193 Å². The smallest absolute Gasteiger partial charge is 0.328 e. The molecular weight excluding hydrogens is 1000 g/mol. The van der Waals surface area contributed by atoms with Gasteiger partial charge in [0.15, 0.2) is 0 Å². The molecule has 6 atom stereocenters. The van der Waals surface area contributed by atoms with Crippen LogP contribution in [-0.2, 0) is 59.0 Å². The second-order valence-corrected chi connectivity index (χ2v) is 26.1. The van der Waals surface area contributed by atoms with Crippen LogP contribution in [0.2, 0.25) is 0 Å². The van der Waals surface area contributed by atoms with E-state index in [1.165, 1.54) is 24.0 Å². The number of carboxylic acids is 1.